The highest BCUT2D eigenvalue weighted by atomic mass is 32.1. The Morgan fingerprint density at radius 1 is 1.08 bits per heavy atom. The molecule has 6 heteroatoms. The summed E-state index contributed by atoms with van der Waals surface area (Å²) in [5.41, 5.74) is 7.01. The second kappa shape index (κ2) is 6.14. The SMILES string of the molecule is Cc1ccc(-c2nc(N)c3cc(C=Cc4ccc(F)cc4)sc3n2)o1. The van der Waals surface area contributed by atoms with Gasteiger partial charge >= 0.3 is 0 Å². The number of thiophene rings is 1. The quantitative estimate of drug-likeness (QED) is 0.554. The third-order valence-corrected chi connectivity index (χ3v) is 4.71. The Morgan fingerprint density at radius 2 is 1.88 bits per heavy atom. The molecule has 4 rings (SSSR count). The number of nitrogen functional groups attached to an aromatic ring is 1. The van der Waals surface area contributed by atoms with Crippen molar-refractivity contribution in [3.63, 3.8) is 0 Å². The van der Waals surface area contributed by atoms with Gasteiger partial charge in [-0.25, -0.2) is 14.4 Å². The molecule has 0 aliphatic carbocycles. The molecule has 0 radical (unpaired) electrons. The number of anilines is 1. The minimum atomic E-state index is -0.247. The van der Waals surface area contributed by atoms with Gasteiger partial charge in [0.2, 0.25) is 0 Å². The number of nitrogens with two attached hydrogens (primary N) is 1. The van der Waals surface area contributed by atoms with Crippen molar-refractivity contribution in [1.29, 1.82) is 0 Å². The molecule has 0 amide bonds. The zero-order valence-corrected chi connectivity index (χ0v) is 14.2. The fourth-order valence-electron chi connectivity index (χ4n) is 2.46. The van der Waals surface area contributed by atoms with Crippen LogP contribution in [0.4, 0.5) is 10.2 Å². The van der Waals surface area contributed by atoms with Crippen molar-refractivity contribution < 1.29 is 8.81 Å². The standard InChI is InChI=1S/C19H14FN3OS/c1-11-2-9-16(24-11)18-22-17(21)15-10-14(25-19(15)23-18)8-5-12-3-6-13(20)7-4-12/h2-10H,1H3,(H2,21,22,23). The number of halogens is 1. The lowest BCUT2D eigenvalue weighted by Gasteiger charge is -1.99. The highest BCUT2D eigenvalue weighted by molar-refractivity contribution is 7.19. The van der Waals surface area contributed by atoms with E-state index in [2.05, 4.69) is 9.97 Å². The molecule has 0 spiro atoms. The van der Waals surface area contributed by atoms with Crippen molar-refractivity contribution in [3.8, 4) is 11.6 Å². The zero-order chi connectivity index (χ0) is 17.4. The van der Waals surface area contributed by atoms with Gasteiger partial charge in [0.05, 0.1) is 5.39 Å². The fraction of sp³-hybridized carbons (Fsp3) is 0.0526. The van der Waals surface area contributed by atoms with Gasteiger partial charge in [0.1, 0.15) is 22.2 Å². The summed E-state index contributed by atoms with van der Waals surface area (Å²) in [7, 11) is 0. The molecule has 2 N–H and O–H groups in total. The van der Waals surface area contributed by atoms with Gasteiger partial charge in [0, 0.05) is 4.88 Å². The van der Waals surface area contributed by atoms with Crippen LogP contribution in [0.1, 0.15) is 16.2 Å². The maximum absolute atomic E-state index is 13.0. The van der Waals surface area contributed by atoms with Gasteiger partial charge in [-0.15, -0.1) is 11.3 Å². The van der Waals surface area contributed by atoms with Crippen LogP contribution in [0.3, 0.4) is 0 Å². The van der Waals surface area contributed by atoms with E-state index in [0.29, 0.717) is 17.4 Å². The lowest BCUT2D eigenvalue weighted by molar-refractivity contribution is 0.544. The third-order valence-electron chi connectivity index (χ3n) is 3.71. The monoisotopic (exact) mass is 351 g/mol. The first-order valence-corrected chi connectivity index (χ1v) is 8.48. The van der Waals surface area contributed by atoms with E-state index in [1.54, 1.807) is 12.1 Å². The molecule has 124 valence electrons. The summed E-state index contributed by atoms with van der Waals surface area (Å²) >= 11 is 1.52. The van der Waals surface area contributed by atoms with Gasteiger partial charge in [-0.3, -0.25) is 0 Å². The van der Waals surface area contributed by atoms with Crippen LogP contribution in [-0.2, 0) is 0 Å². The molecule has 0 saturated heterocycles. The van der Waals surface area contributed by atoms with E-state index in [9.17, 15) is 4.39 Å². The molecular weight excluding hydrogens is 337 g/mol. The van der Waals surface area contributed by atoms with E-state index in [4.69, 9.17) is 10.2 Å². The summed E-state index contributed by atoms with van der Waals surface area (Å²) in [4.78, 5) is 10.7. The predicted octanol–water partition coefficient (Wildman–Crippen LogP) is 5.15. The Hall–Kier alpha value is -2.99. The number of hydrogen-bond donors (Lipinski definition) is 1. The zero-order valence-electron chi connectivity index (χ0n) is 13.4. The summed E-state index contributed by atoms with van der Waals surface area (Å²) in [5, 5.41) is 0.816. The van der Waals surface area contributed by atoms with Gasteiger partial charge in [-0.2, -0.15) is 0 Å². The molecule has 0 aliphatic heterocycles. The van der Waals surface area contributed by atoms with Crippen LogP contribution >= 0.6 is 11.3 Å². The van der Waals surface area contributed by atoms with Gasteiger partial charge in [-0.1, -0.05) is 18.2 Å². The smallest absolute Gasteiger partial charge is 0.199 e. The van der Waals surface area contributed by atoms with Crippen molar-refractivity contribution in [2.45, 2.75) is 6.92 Å². The Balaban J connectivity index is 1.70. The van der Waals surface area contributed by atoms with Crippen molar-refractivity contribution in [2.75, 3.05) is 5.73 Å². The van der Waals surface area contributed by atoms with Crippen LogP contribution in [0.2, 0.25) is 0 Å². The maximum Gasteiger partial charge on any atom is 0.199 e. The fourth-order valence-corrected chi connectivity index (χ4v) is 3.40. The summed E-state index contributed by atoms with van der Waals surface area (Å²) < 4.78 is 18.5. The molecule has 0 bridgehead atoms. The van der Waals surface area contributed by atoms with E-state index < -0.39 is 0 Å². The molecule has 4 nitrogen and oxygen atoms in total. The largest absolute Gasteiger partial charge is 0.458 e. The maximum atomic E-state index is 13.0. The summed E-state index contributed by atoms with van der Waals surface area (Å²) in [6.07, 6.45) is 3.88. The van der Waals surface area contributed by atoms with Crippen molar-refractivity contribution in [2.24, 2.45) is 0 Å². The molecule has 0 aliphatic rings. The van der Waals surface area contributed by atoms with Crippen LogP contribution in [0.5, 0.6) is 0 Å². The average molecular weight is 351 g/mol. The van der Waals surface area contributed by atoms with Crippen LogP contribution < -0.4 is 5.73 Å². The molecule has 4 aromatic rings. The molecule has 25 heavy (non-hydrogen) atoms. The summed E-state index contributed by atoms with van der Waals surface area (Å²) in [5.74, 6) is 2.05. The molecule has 3 aromatic heterocycles. The topological polar surface area (TPSA) is 64.9 Å². The number of rotatable bonds is 3. The minimum absolute atomic E-state index is 0.247. The lowest BCUT2D eigenvalue weighted by atomic mass is 10.2. The molecule has 3 heterocycles. The number of aryl methyl sites for hydroxylation is 1. The minimum Gasteiger partial charge on any atom is -0.458 e. The number of aromatic nitrogens is 2. The first-order valence-electron chi connectivity index (χ1n) is 7.66. The normalized spacial score (nSPS) is 11.6. The first-order chi connectivity index (χ1) is 12.1. The summed E-state index contributed by atoms with van der Waals surface area (Å²) in [6, 6.07) is 12.0. The second-order valence-electron chi connectivity index (χ2n) is 5.60. The third kappa shape index (κ3) is 3.16. The Morgan fingerprint density at radius 3 is 2.60 bits per heavy atom. The first kappa shape index (κ1) is 15.5. The van der Waals surface area contributed by atoms with Gasteiger partial charge in [0.15, 0.2) is 11.6 Å². The molecular formula is C19H14FN3OS. The molecule has 0 fully saturated rings. The second-order valence-corrected chi connectivity index (χ2v) is 6.66. The Kier molecular flexibility index (Phi) is 3.82. The van der Waals surface area contributed by atoms with Crippen LogP contribution in [-0.4, -0.2) is 9.97 Å². The van der Waals surface area contributed by atoms with Gasteiger partial charge in [-0.05, 0) is 48.9 Å². The molecule has 1 aromatic carbocycles. The highest BCUT2D eigenvalue weighted by Crippen LogP contribution is 2.31. The molecule has 0 saturated carbocycles. The van der Waals surface area contributed by atoms with Crippen molar-refractivity contribution >= 4 is 39.5 Å². The van der Waals surface area contributed by atoms with Crippen molar-refractivity contribution in [3.05, 3.63) is 64.5 Å². The van der Waals surface area contributed by atoms with Gasteiger partial charge < -0.3 is 10.2 Å². The van der Waals surface area contributed by atoms with Gasteiger partial charge in [0.25, 0.3) is 0 Å². The number of nitrogens with zero attached hydrogens (tertiary/aromatic N) is 2. The number of benzene rings is 1. The van der Waals surface area contributed by atoms with E-state index in [1.165, 1.54) is 23.5 Å². The average Bonchev–Trinajstić information content (AvgIpc) is 3.20. The van der Waals surface area contributed by atoms with Crippen LogP contribution in [0.25, 0.3) is 34.0 Å². The number of furan rings is 1. The number of hydrogen-bond acceptors (Lipinski definition) is 5. The van der Waals surface area contributed by atoms with E-state index in [-0.39, 0.29) is 5.82 Å². The molecule has 0 unspecified atom stereocenters. The summed E-state index contributed by atoms with van der Waals surface area (Å²) in [6.45, 7) is 1.87. The highest BCUT2D eigenvalue weighted by Gasteiger charge is 2.12. The van der Waals surface area contributed by atoms with E-state index in [0.717, 1.165) is 26.4 Å². The van der Waals surface area contributed by atoms with Crippen LogP contribution in [0, 0.1) is 12.7 Å². The van der Waals surface area contributed by atoms with Crippen molar-refractivity contribution in [1.82, 2.24) is 9.97 Å². The lowest BCUT2D eigenvalue weighted by Crippen LogP contribution is -1.95. The predicted molar refractivity (Wildman–Crippen MR) is 99.6 cm³/mol. The van der Waals surface area contributed by atoms with E-state index in [1.807, 2.05) is 37.3 Å². The Labute approximate surface area is 147 Å². The van der Waals surface area contributed by atoms with E-state index >= 15 is 0 Å². The Bertz CT molecular complexity index is 1080. The molecule has 0 atom stereocenters. The number of fused-ring (bicyclic) bond motifs is 1. The van der Waals surface area contributed by atoms with Crippen LogP contribution in [0.15, 0.2) is 46.9 Å².